The molecule has 0 fully saturated rings. The first-order valence-electron chi connectivity index (χ1n) is 5.94. The van der Waals surface area contributed by atoms with E-state index in [-0.39, 0.29) is 11.3 Å². The van der Waals surface area contributed by atoms with Gasteiger partial charge in [-0.2, -0.15) is 0 Å². The van der Waals surface area contributed by atoms with Crippen molar-refractivity contribution in [2.75, 3.05) is 7.11 Å². The molecule has 1 aromatic rings. The van der Waals surface area contributed by atoms with Crippen molar-refractivity contribution >= 4 is 11.9 Å². The smallest absolute Gasteiger partial charge is 0.355 e. The first-order chi connectivity index (χ1) is 9.13. The Bertz CT molecular complexity index is 522. The predicted molar refractivity (Wildman–Crippen MR) is 67.9 cm³/mol. The molecule has 0 bridgehead atoms. The minimum Gasteiger partial charge on any atom is -0.465 e. The fourth-order valence-electron chi connectivity index (χ4n) is 1.92. The molecule has 0 saturated carbocycles. The van der Waals surface area contributed by atoms with Crippen LogP contribution in [0.15, 0.2) is 41.6 Å². The van der Waals surface area contributed by atoms with Gasteiger partial charge in [-0.3, -0.25) is 0 Å². The van der Waals surface area contributed by atoms with E-state index < -0.39 is 18.0 Å². The third kappa shape index (κ3) is 2.76. The number of methoxy groups -OCH3 is 1. The van der Waals surface area contributed by atoms with Crippen molar-refractivity contribution in [2.45, 2.75) is 19.6 Å². The Morgan fingerprint density at radius 2 is 2.05 bits per heavy atom. The van der Waals surface area contributed by atoms with Crippen LogP contribution >= 0.6 is 0 Å². The number of carbonyl (C=O) groups is 2. The van der Waals surface area contributed by atoms with Crippen LogP contribution in [0.5, 0.6) is 0 Å². The van der Waals surface area contributed by atoms with Gasteiger partial charge in [0.15, 0.2) is 0 Å². The summed E-state index contributed by atoms with van der Waals surface area (Å²) in [6.07, 6.45) is -0.585. The zero-order chi connectivity index (χ0) is 13.8. The number of carbonyl (C=O) groups excluding carboxylic acids is 2. The summed E-state index contributed by atoms with van der Waals surface area (Å²) in [6.45, 7) is 2.08. The zero-order valence-corrected chi connectivity index (χ0v) is 10.8. The van der Waals surface area contributed by atoms with Gasteiger partial charge in [0.05, 0.1) is 7.11 Å². The largest absolute Gasteiger partial charge is 0.465 e. The van der Waals surface area contributed by atoms with Crippen LogP contribution in [0.4, 0.5) is 0 Å². The van der Waals surface area contributed by atoms with Gasteiger partial charge < -0.3 is 14.8 Å². The van der Waals surface area contributed by atoms with Crippen molar-refractivity contribution in [3.63, 3.8) is 0 Å². The predicted octanol–water partition coefficient (Wildman–Crippen LogP) is 1.15. The number of nitrogens with one attached hydrogen (secondary N) is 1. The van der Waals surface area contributed by atoms with Gasteiger partial charge in [0, 0.05) is 6.54 Å². The van der Waals surface area contributed by atoms with Crippen molar-refractivity contribution in [1.29, 1.82) is 0 Å². The minimum atomic E-state index is -0.585. The Morgan fingerprint density at radius 1 is 1.37 bits per heavy atom. The molecule has 0 radical (unpaired) electrons. The molecule has 1 aliphatic rings. The summed E-state index contributed by atoms with van der Waals surface area (Å²) in [5.74, 6) is -1.07. The number of rotatable bonds is 4. The van der Waals surface area contributed by atoms with Gasteiger partial charge in [-0.05, 0) is 12.5 Å². The van der Waals surface area contributed by atoms with Crippen LogP contribution in [0.3, 0.4) is 0 Å². The summed E-state index contributed by atoms with van der Waals surface area (Å²) < 4.78 is 9.69. The van der Waals surface area contributed by atoms with Gasteiger partial charge in [-0.1, -0.05) is 30.3 Å². The van der Waals surface area contributed by atoms with Crippen LogP contribution in [0.25, 0.3) is 0 Å². The van der Waals surface area contributed by atoms with Gasteiger partial charge in [0.25, 0.3) is 0 Å². The summed E-state index contributed by atoms with van der Waals surface area (Å²) >= 11 is 0. The molecule has 0 spiro atoms. The Balaban J connectivity index is 2.17. The Labute approximate surface area is 111 Å². The van der Waals surface area contributed by atoms with E-state index in [2.05, 4.69) is 10.1 Å². The average Bonchev–Trinajstić information content (AvgIpc) is 2.71. The van der Waals surface area contributed by atoms with E-state index in [1.54, 1.807) is 6.92 Å². The molecule has 1 N–H and O–H groups in total. The van der Waals surface area contributed by atoms with Crippen molar-refractivity contribution in [3.8, 4) is 0 Å². The fourth-order valence-corrected chi connectivity index (χ4v) is 1.92. The molecule has 2 rings (SSSR count). The lowest BCUT2D eigenvalue weighted by Crippen LogP contribution is -2.21. The maximum atomic E-state index is 11.7. The number of ether oxygens (including phenoxy) is 2. The van der Waals surface area contributed by atoms with Crippen molar-refractivity contribution in [3.05, 3.63) is 47.2 Å². The van der Waals surface area contributed by atoms with E-state index in [0.29, 0.717) is 6.54 Å². The minimum absolute atomic E-state index is 0.184. The maximum absolute atomic E-state index is 11.7. The molecule has 5 heteroatoms. The first kappa shape index (κ1) is 13.1. The summed E-state index contributed by atoms with van der Waals surface area (Å²) in [5.41, 5.74) is 1.43. The third-order valence-electron chi connectivity index (χ3n) is 2.88. The summed E-state index contributed by atoms with van der Waals surface area (Å²) in [6, 6.07) is 9.57. The molecular weight excluding hydrogens is 246 g/mol. The first-order valence-corrected chi connectivity index (χ1v) is 5.94. The highest BCUT2D eigenvalue weighted by molar-refractivity contribution is 6.03. The van der Waals surface area contributed by atoms with Gasteiger partial charge in [0.2, 0.25) is 0 Å². The van der Waals surface area contributed by atoms with E-state index in [0.717, 1.165) is 5.56 Å². The molecule has 0 aliphatic carbocycles. The topological polar surface area (TPSA) is 64.6 Å². The second kappa shape index (κ2) is 5.56. The van der Waals surface area contributed by atoms with Crippen LogP contribution in [0.1, 0.15) is 12.5 Å². The number of hydrogen-bond donors (Lipinski definition) is 1. The number of benzene rings is 1. The maximum Gasteiger partial charge on any atom is 0.355 e. The number of hydrogen-bond acceptors (Lipinski definition) is 5. The molecule has 1 heterocycles. The second-order valence-corrected chi connectivity index (χ2v) is 4.17. The summed E-state index contributed by atoms with van der Waals surface area (Å²) in [5, 5.41) is 2.95. The standard InChI is InChI=1S/C14H15NO4/c1-9-11(13(16)18-2)12(14(17)19-9)15-8-10-6-4-3-5-7-10/h3-7,9,15H,8H2,1-2H3/t9-/m1/s1. The van der Waals surface area contributed by atoms with E-state index in [9.17, 15) is 9.59 Å². The molecule has 5 nitrogen and oxygen atoms in total. The highest BCUT2D eigenvalue weighted by Crippen LogP contribution is 2.22. The Hall–Kier alpha value is -2.30. The molecule has 0 saturated heterocycles. The van der Waals surface area contributed by atoms with Gasteiger partial charge in [-0.25, -0.2) is 9.59 Å². The molecule has 19 heavy (non-hydrogen) atoms. The van der Waals surface area contributed by atoms with Gasteiger partial charge >= 0.3 is 11.9 Å². The van der Waals surface area contributed by atoms with E-state index in [4.69, 9.17) is 4.74 Å². The van der Waals surface area contributed by atoms with Crippen LogP contribution in [0.2, 0.25) is 0 Å². The van der Waals surface area contributed by atoms with E-state index in [1.807, 2.05) is 30.3 Å². The van der Waals surface area contributed by atoms with Crippen molar-refractivity contribution in [1.82, 2.24) is 5.32 Å². The molecule has 0 aromatic heterocycles. The molecule has 1 aromatic carbocycles. The Morgan fingerprint density at radius 3 is 2.68 bits per heavy atom. The lowest BCUT2D eigenvalue weighted by molar-refractivity contribution is -0.140. The fraction of sp³-hybridized carbons (Fsp3) is 0.286. The average molecular weight is 261 g/mol. The number of esters is 2. The highest BCUT2D eigenvalue weighted by atomic mass is 16.6. The van der Waals surface area contributed by atoms with Crippen molar-refractivity contribution < 1.29 is 19.1 Å². The van der Waals surface area contributed by atoms with E-state index in [1.165, 1.54) is 7.11 Å². The van der Waals surface area contributed by atoms with Crippen LogP contribution < -0.4 is 5.32 Å². The lowest BCUT2D eigenvalue weighted by Gasteiger charge is -2.07. The normalized spacial score (nSPS) is 18.2. The zero-order valence-electron chi connectivity index (χ0n) is 10.8. The SMILES string of the molecule is COC(=O)C1=C(NCc2ccccc2)C(=O)O[C@@H]1C. The third-order valence-corrected chi connectivity index (χ3v) is 2.88. The van der Waals surface area contributed by atoms with Crippen LogP contribution in [-0.4, -0.2) is 25.2 Å². The molecule has 100 valence electrons. The monoisotopic (exact) mass is 261 g/mol. The van der Waals surface area contributed by atoms with Gasteiger partial charge in [-0.15, -0.1) is 0 Å². The van der Waals surface area contributed by atoms with Crippen LogP contribution in [-0.2, 0) is 25.6 Å². The molecule has 0 unspecified atom stereocenters. The molecule has 1 atom stereocenters. The second-order valence-electron chi connectivity index (χ2n) is 4.17. The molecular formula is C14H15NO4. The van der Waals surface area contributed by atoms with Gasteiger partial charge in [0.1, 0.15) is 17.4 Å². The summed E-state index contributed by atoms with van der Waals surface area (Å²) in [7, 11) is 1.28. The Kier molecular flexibility index (Phi) is 3.85. The molecule has 0 amide bonds. The quantitative estimate of drug-likeness (QED) is 0.824. The van der Waals surface area contributed by atoms with E-state index >= 15 is 0 Å². The summed E-state index contributed by atoms with van der Waals surface area (Å²) in [4.78, 5) is 23.3. The molecule has 1 aliphatic heterocycles. The van der Waals surface area contributed by atoms with Crippen LogP contribution in [0, 0.1) is 0 Å². The number of cyclic esters (lactones) is 1. The van der Waals surface area contributed by atoms with Crippen molar-refractivity contribution in [2.24, 2.45) is 0 Å². The lowest BCUT2D eigenvalue weighted by atomic mass is 10.1. The highest BCUT2D eigenvalue weighted by Gasteiger charge is 2.36.